The molecule has 3 rings (SSSR count). The summed E-state index contributed by atoms with van der Waals surface area (Å²) in [6.07, 6.45) is 0. The summed E-state index contributed by atoms with van der Waals surface area (Å²) in [6.45, 7) is 1.11. The minimum Gasteiger partial charge on any atom is -0.497 e. The van der Waals surface area contributed by atoms with Gasteiger partial charge in [0, 0.05) is 11.1 Å². The van der Waals surface area contributed by atoms with E-state index < -0.39 is 29.0 Å². The fraction of sp³-hybridized carbons (Fsp3) is 0.190. The summed E-state index contributed by atoms with van der Waals surface area (Å²) in [7, 11) is 2.83. The summed E-state index contributed by atoms with van der Waals surface area (Å²) >= 11 is 5.91. The lowest BCUT2D eigenvalue weighted by molar-refractivity contribution is -0.138. The third-order valence-electron chi connectivity index (χ3n) is 4.50. The second-order valence-corrected chi connectivity index (χ2v) is 6.98. The highest BCUT2D eigenvalue weighted by atomic mass is 35.5. The highest BCUT2D eigenvalue weighted by Gasteiger charge is 2.34. The van der Waals surface area contributed by atoms with Crippen LogP contribution < -0.4 is 20.3 Å². The summed E-state index contributed by atoms with van der Waals surface area (Å²) < 4.78 is 10.3. The van der Waals surface area contributed by atoms with Crippen molar-refractivity contribution in [2.45, 2.75) is 12.8 Å². The van der Waals surface area contributed by atoms with Crippen molar-refractivity contribution < 1.29 is 23.9 Å². The number of carbonyl (C=O) groups is 3. The van der Waals surface area contributed by atoms with Crippen LogP contribution in [0.3, 0.4) is 0 Å². The number of aromatic nitrogens is 2. The van der Waals surface area contributed by atoms with Gasteiger partial charge in [0.25, 0.3) is 11.5 Å². The number of aromatic amines is 1. The minimum absolute atomic E-state index is 0.164. The van der Waals surface area contributed by atoms with Crippen LogP contribution in [0.1, 0.15) is 18.5 Å². The normalized spacial score (nSPS) is 11.6. The highest BCUT2D eigenvalue weighted by Crippen LogP contribution is 2.29. The zero-order valence-electron chi connectivity index (χ0n) is 16.8. The lowest BCUT2D eigenvalue weighted by Crippen LogP contribution is -2.35. The first-order chi connectivity index (χ1) is 14.7. The van der Waals surface area contributed by atoms with E-state index in [1.807, 2.05) is 0 Å². The number of methoxy groups -OCH3 is 2. The van der Waals surface area contributed by atoms with E-state index in [9.17, 15) is 19.2 Å². The van der Waals surface area contributed by atoms with Crippen molar-refractivity contribution in [2.75, 3.05) is 19.5 Å². The van der Waals surface area contributed by atoms with Crippen LogP contribution in [-0.2, 0) is 14.4 Å². The number of fused-ring (bicyclic) bond motifs is 1. The van der Waals surface area contributed by atoms with E-state index in [4.69, 9.17) is 21.1 Å². The number of ketones is 2. The van der Waals surface area contributed by atoms with Gasteiger partial charge in [-0.1, -0.05) is 11.6 Å². The molecule has 1 atom stereocenters. The Balaban J connectivity index is 1.98. The number of hydrogen-bond acceptors (Lipinski definition) is 7. The van der Waals surface area contributed by atoms with E-state index in [0.717, 1.165) is 6.92 Å². The molecular weight excluding hydrogens is 426 g/mol. The summed E-state index contributed by atoms with van der Waals surface area (Å²) in [5.41, 5.74) is -0.331. The summed E-state index contributed by atoms with van der Waals surface area (Å²) in [4.78, 5) is 57.0. The van der Waals surface area contributed by atoms with E-state index >= 15 is 0 Å². The summed E-state index contributed by atoms with van der Waals surface area (Å²) in [6, 6.07) is 9.17. The van der Waals surface area contributed by atoms with Crippen molar-refractivity contribution in [1.29, 1.82) is 0 Å². The first-order valence-electron chi connectivity index (χ1n) is 9.02. The maximum absolute atomic E-state index is 12.9. The average molecular weight is 444 g/mol. The number of benzene rings is 2. The maximum atomic E-state index is 12.9. The number of rotatable bonds is 7. The molecule has 0 spiro atoms. The Bertz CT molecular complexity index is 1250. The van der Waals surface area contributed by atoms with Gasteiger partial charge in [0.15, 0.2) is 0 Å². The van der Waals surface area contributed by atoms with Gasteiger partial charge < -0.3 is 19.8 Å². The van der Waals surface area contributed by atoms with Crippen molar-refractivity contribution in [3.8, 4) is 11.5 Å². The van der Waals surface area contributed by atoms with Crippen LogP contribution >= 0.6 is 11.6 Å². The predicted molar refractivity (Wildman–Crippen MR) is 114 cm³/mol. The van der Waals surface area contributed by atoms with Gasteiger partial charge in [-0.3, -0.25) is 19.2 Å². The number of carbonyl (C=O) groups excluding carboxylic acids is 3. The Morgan fingerprint density at radius 2 is 1.84 bits per heavy atom. The smallest absolute Gasteiger partial charge is 0.293 e. The lowest BCUT2D eigenvalue weighted by atomic mass is 9.95. The van der Waals surface area contributed by atoms with Crippen molar-refractivity contribution >= 4 is 45.8 Å². The van der Waals surface area contributed by atoms with Gasteiger partial charge in [0.2, 0.25) is 5.78 Å². The highest BCUT2D eigenvalue weighted by molar-refractivity contribution is 6.46. The predicted octanol–water partition coefficient (Wildman–Crippen LogP) is 2.47. The van der Waals surface area contributed by atoms with Crippen LogP contribution in [0.2, 0.25) is 5.02 Å². The molecule has 0 aliphatic rings. The second kappa shape index (κ2) is 8.97. The molecular formula is C21H18ClN3O6. The van der Waals surface area contributed by atoms with Gasteiger partial charge in [-0.15, -0.1) is 0 Å². The zero-order chi connectivity index (χ0) is 22.7. The summed E-state index contributed by atoms with van der Waals surface area (Å²) in [5.74, 6) is -3.94. The molecule has 0 radical (unpaired) electrons. The molecule has 0 unspecified atom stereocenters. The van der Waals surface area contributed by atoms with Gasteiger partial charge >= 0.3 is 0 Å². The average Bonchev–Trinajstić information content (AvgIpc) is 2.73. The standard InChI is InChI=1S/C21H18ClN3O6/c1-10(26)17(18-20(28)24-14-8-11(22)4-6-13(14)23-18)19(27)21(29)25-15-9-12(30-2)5-7-16(15)31-3/h4-9,17H,1-3H3,(H,24,28)(H,25,29)/t17-/m0/s1. The van der Waals surface area contributed by atoms with Crippen LogP contribution in [0.5, 0.6) is 11.5 Å². The number of nitrogens with zero attached hydrogens (tertiary/aromatic N) is 1. The van der Waals surface area contributed by atoms with Crippen molar-refractivity contribution in [3.05, 3.63) is 57.5 Å². The van der Waals surface area contributed by atoms with E-state index in [0.29, 0.717) is 21.8 Å². The van der Waals surface area contributed by atoms with Gasteiger partial charge in [0.1, 0.15) is 28.9 Å². The SMILES string of the molecule is COc1ccc(OC)c(NC(=O)C(=O)[C@@H](C(C)=O)c2nc3ccc(Cl)cc3[nH]c2=O)c1. The number of H-pyrrole nitrogens is 1. The van der Waals surface area contributed by atoms with Gasteiger partial charge in [-0.2, -0.15) is 0 Å². The quantitative estimate of drug-likeness (QED) is 0.424. The van der Waals surface area contributed by atoms with Crippen LogP contribution in [0.4, 0.5) is 5.69 Å². The van der Waals surface area contributed by atoms with E-state index in [1.165, 1.54) is 32.4 Å². The number of hydrogen-bond donors (Lipinski definition) is 2. The fourth-order valence-electron chi connectivity index (χ4n) is 3.00. The van der Waals surface area contributed by atoms with Gasteiger partial charge in [-0.25, -0.2) is 4.98 Å². The third kappa shape index (κ3) is 4.56. The van der Waals surface area contributed by atoms with Crippen molar-refractivity contribution in [2.24, 2.45) is 0 Å². The molecule has 0 saturated heterocycles. The van der Waals surface area contributed by atoms with Crippen LogP contribution in [-0.4, -0.2) is 41.7 Å². The molecule has 0 saturated carbocycles. The molecule has 2 N–H and O–H groups in total. The van der Waals surface area contributed by atoms with E-state index in [-0.39, 0.29) is 17.1 Å². The Labute approximate surface area is 181 Å². The molecule has 10 heteroatoms. The monoisotopic (exact) mass is 443 g/mol. The summed E-state index contributed by atoms with van der Waals surface area (Å²) in [5, 5.41) is 2.78. The van der Waals surface area contributed by atoms with Crippen molar-refractivity contribution in [3.63, 3.8) is 0 Å². The zero-order valence-corrected chi connectivity index (χ0v) is 17.6. The fourth-order valence-corrected chi connectivity index (χ4v) is 3.17. The topological polar surface area (TPSA) is 127 Å². The first-order valence-corrected chi connectivity index (χ1v) is 9.40. The molecule has 0 bridgehead atoms. The van der Waals surface area contributed by atoms with Gasteiger partial charge in [0.05, 0.1) is 30.9 Å². The van der Waals surface area contributed by atoms with Gasteiger partial charge in [-0.05, 0) is 37.3 Å². The number of ether oxygens (including phenoxy) is 2. The molecule has 160 valence electrons. The number of Topliss-reactive ketones (excluding diaryl/α,β-unsaturated/α-hetero) is 2. The molecule has 9 nitrogen and oxygen atoms in total. The molecule has 31 heavy (non-hydrogen) atoms. The number of amides is 1. The molecule has 1 heterocycles. The van der Waals surface area contributed by atoms with Crippen molar-refractivity contribution in [1.82, 2.24) is 9.97 Å². The first kappa shape index (κ1) is 22.0. The molecule has 2 aromatic carbocycles. The molecule has 3 aromatic rings. The Morgan fingerprint density at radius 1 is 1.10 bits per heavy atom. The van der Waals surface area contributed by atoms with E-state index in [2.05, 4.69) is 15.3 Å². The minimum atomic E-state index is -1.68. The van der Waals surface area contributed by atoms with Crippen LogP contribution in [0, 0.1) is 0 Å². The molecule has 0 fully saturated rings. The van der Waals surface area contributed by atoms with Crippen LogP contribution in [0.15, 0.2) is 41.2 Å². The molecule has 1 aromatic heterocycles. The Hall–Kier alpha value is -3.72. The lowest BCUT2D eigenvalue weighted by Gasteiger charge is -2.14. The Morgan fingerprint density at radius 3 is 2.48 bits per heavy atom. The molecule has 0 aliphatic carbocycles. The number of nitrogens with one attached hydrogen (secondary N) is 2. The second-order valence-electron chi connectivity index (χ2n) is 6.54. The Kier molecular flexibility index (Phi) is 6.36. The number of halogens is 1. The third-order valence-corrected chi connectivity index (χ3v) is 4.74. The number of anilines is 1. The van der Waals surface area contributed by atoms with Crippen LogP contribution in [0.25, 0.3) is 11.0 Å². The molecule has 0 aliphatic heterocycles. The molecule has 1 amide bonds. The largest absolute Gasteiger partial charge is 0.497 e. The van der Waals surface area contributed by atoms with E-state index in [1.54, 1.807) is 18.2 Å². The maximum Gasteiger partial charge on any atom is 0.293 e.